The Labute approximate surface area is 128 Å². The fourth-order valence-corrected chi connectivity index (χ4v) is 1.69. The van der Waals surface area contributed by atoms with Gasteiger partial charge in [-0.05, 0) is 17.7 Å². The number of hydrogen-bond donors (Lipinski definition) is 1. The smallest absolute Gasteiger partial charge is 0.292 e. The Morgan fingerprint density at radius 1 is 1.22 bits per heavy atom. The summed E-state index contributed by atoms with van der Waals surface area (Å²) in [5.74, 6) is 0.168. The molecule has 6 nitrogen and oxygen atoms in total. The summed E-state index contributed by atoms with van der Waals surface area (Å²) >= 11 is 0. The normalized spacial score (nSPS) is 11.9. The van der Waals surface area contributed by atoms with Crippen LogP contribution in [0.4, 0.5) is 19.0 Å². The van der Waals surface area contributed by atoms with Crippen molar-refractivity contribution < 1.29 is 13.2 Å². The number of hydrogen-bond acceptors (Lipinski definition) is 4. The second-order valence-corrected chi connectivity index (χ2v) is 4.74. The molecule has 23 heavy (non-hydrogen) atoms. The van der Waals surface area contributed by atoms with Gasteiger partial charge in [-0.1, -0.05) is 12.1 Å². The molecule has 0 aliphatic carbocycles. The molecule has 9 heteroatoms. The first-order chi connectivity index (χ1) is 10.7. The number of benzene rings is 1. The van der Waals surface area contributed by atoms with Crippen LogP contribution in [0.25, 0.3) is 0 Å². The quantitative estimate of drug-likeness (QED) is 0.687. The fraction of sp³-hybridized carbons (Fsp3) is 0.214. The van der Waals surface area contributed by atoms with E-state index in [4.69, 9.17) is 0 Å². The highest BCUT2D eigenvalue weighted by atomic mass is 19.4. The zero-order valence-electron chi connectivity index (χ0n) is 12.3. The summed E-state index contributed by atoms with van der Waals surface area (Å²) in [6.07, 6.45) is -3.08. The number of rotatable bonds is 3. The summed E-state index contributed by atoms with van der Waals surface area (Å²) in [6.45, 7) is 0. The van der Waals surface area contributed by atoms with E-state index in [0.717, 1.165) is 16.7 Å². The second-order valence-electron chi connectivity index (χ2n) is 4.74. The van der Waals surface area contributed by atoms with E-state index in [1.54, 1.807) is 0 Å². The molecular weight excluding hydrogens is 313 g/mol. The molecule has 1 aromatic heterocycles. The molecule has 2 rings (SSSR count). The van der Waals surface area contributed by atoms with Crippen LogP contribution in [-0.4, -0.2) is 22.8 Å². The topological polar surface area (TPSA) is 70.5 Å². The lowest BCUT2D eigenvalue weighted by atomic mass is 10.1. The molecule has 0 atom stereocenters. The van der Waals surface area contributed by atoms with Crippen LogP contribution in [0.3, 0.4) is 0 Å². The maximum absolute atomic E-state index is 12.5. The first-order valence-electron chi connectivity index (χ1n) is 6.44. The van der Waals surface area contributed by atoms with Crippen molar-refractivity contribution in [1.29, 1.82) is 0 Å². The van der Waals surface area contributed by atoms with E-state index in [0.29, 0.717) is 5.56 Å². The highest BCUT2D eigenvalue weighted by molar-refractivity contribution is 5.80. The predicted octanol–water partition coefficient (Wildman–Crippen LogP) is 1.56. The van der Waals surface area contributed by atoms with Crippen LogP contribution in [0.2, 0.25) is 0 Å². The lowest BCUT2D eigenvalue weighted by Gasteiger charge is -2.12. The van der Waals surface area contributed by atoms with Crippen LogP contribution in [0.15, 0.2) is 45.0 Å². The summed E-state index contributed by atoms with van der Waals surface area (Å²) in [6, 6.07) is 5.62. The molecule has 0 radical (unpaired) electrons. The number of aromatic amines is 1. The van der Waals surface area contributed by atoms with E-state index >= 15 is 0 Å². The van der Waals surface area contributed by atoms with Crippen LogP contribution in [0, 0.1) is 0 Å². The van der Waals surface area contributed by atoms with Gasteiger partial charge >= 0.3 is 11.9 Å². The minimum atomic E-state index is -4.39. The number of nitrogens with one attached hydrogen (secondary N) is 1. The van der Waals surface area contributed by atoms with Crippen LogP contribution >= 0.6 is 0 Å². The molecule has 0 saturated carbocycles. The van der Waals surface area contributed by atoms with Crippen molar-refractivity contribution in [3.63, 3.8) is 0 Å². The highest BCUT2D eigenvalue weighted by Gasteiger charge is 2.29. The van der Waals surface area contributed by atoms with Gasteiger partial charge in [0.25, 0.3) is 5.56 Å². The highest BCUT2D eigenvalue weighted by Crippen LogP contribution is 2.28. The zero-order chi connectivity index (χ0) is 17.2. The maximum Gasteiger partial charge on any atom is 0.416 e. The summed E-state index contributed by atoms with van der Waals surface area (Å²) in [7, 11) is 2.82. The van der Waals surface area contributed by atoms with Crippen molar-refractivity contribution in [1.82, 2.24) is 9.55 Å². The number of alkyl halides is 3. The molecule has 0 aliphatic heterocycles. The molecule has 1 aromatic carbocycles. The zero-order valence-corrected chi connectivity index (χ0v) is 12.3. The number of halogens is 3. The molecule has 0 amide bonds. The van der Waals surface area contributed by atoms with Crippen molar-refractivity contribution >= 4 is 12.0 Å². The van der Waals surface area contributed by atoms with E-state index in [1.807, 2.05) is 0 Å². The fourth-order valence-electron chi connectivity index (χ4n) is 1.69. The third-order valence-electron chi connectivity index (χ3n) is 3.10. The number of aromatic nitrogens is 2. The number of H-pyrrole nitrogens is 1. The molecular formula is C14H13F3N4O2. The van der Waals surface area contributed by atoms with E-state index < -0.39 is 23.0 Å². The average molecular weight is 326 g/mol. The van der Waals surface area contributed by atoms with Crippen LogP contribution in [-0.2, 0) is 13.2 Å². The van der Waals surface area contributed by atoms with Gasteiger partial charge in [0, 0.05) is 20.2 Å². The summed E-state index contributed by atoms with van der Waals surface area (Å²) in [5, 5.41) is 5.21. The molecule has 0 aliphatic rings. The minimum absolute atomic E-state index is 0.168. The third kappa shape index (κ3) is 3.87. The van der Waals surface area contributed by atoms with Gasteiger partial charge in [-0.25, -0.2) is 4.79 Å². The standard InChI is InChI=1S/C14H13F3N4O2/c1-20-12(22)7-11(19-13(20)23)21(2)18-8-9-3-5-10(6-4-9)14(15,16)17/h3-8H,1-2H3,(H,19,23). The lowest BCUT2D eigenvalue weighted by Crippen LogP contribution is -2.33. The number of nitrogens with zero attached hydrogens (tertiary/aromatic N) is 3. The van der Waals surface area contributed by atoms with E-state index in [9.17, 15) is 22.8 Å². The summed E-state index contributed by atoms with van der Waals surface area (Å²) in [4.78, 5) is 25.5. The Morgan fingerprint density at radius 3 is 2.35 bits per heavy atom. The Kier molecular flexibility index (Phi) is 4.39. The Balaban J connectivity index is 2.20. The van der Waals surface area contributed by atoms with Gasteiger partial charge in [0.1, 0.15) is 5.82 Å². The van der Waals surface area contributed by atoms with Gasteiger partial charge in [0.05, 0.1) is 11.8 Å². The summed E-state index contributed by atoms with van der Waals surface area (Å²) in [5.41, 5.74) is -1.40. The minimum Gasteiger partial charge on any atom is -0.292 e. The van der Waals surface area contributed by atoms with Crippen LogP contribution in [0.5, 0.6) is 0 Å². The molecule has 0 unspecified atom stereocenters. The Bertz CT molecular complexity index is 804. The number of anilines is 1. The largest absolute Gasteiger partial charge is 0.416 e. The monoisotopic (exact) mass is 326 g/mol. The van der Waals surface area contributed by atoms with Crippen LogP contribution in [0.1, 0.15) is 11.1 Å². The van der Waals surface area contributed by atoms with E-state index in [-0.39, 0.29) is 5.82 Å². The number of hydrazone groups is 1. The van der Waals surface area contributed by atoms with Gasteiger partial charge in [0.2, 0.25) is 0 Å². The SMILES string of the molecule is CN(N=Cc1ccc(C(F)(F)F)cc1)c1cc(=O)n(C)c(=O)[nH]1. The lowest BCUT2D eigenvalue weighted by molar-refractivity contribution is -0.137. The van der Waals surface area contributed by atoms with Crippen molar-refractivity contribution in [3.8, 4) is 0 Å². The van der Waals surface area contributed by atoms with Crippen molar-refractivity contribution in [3.05, 3.63) is 62.3 Å². The van der Waals surface area contributed by atoms with Gasteiger partial charge < -0.3 is 0 Å². The van der Waals surface area contributed by atoms with Gasteiger partial charge in [0.15, 0.2) is 0 Å². The van der Waals surface area contributed by atoms with Gasteiger partial charge in [-0.15, -0.1) is 0 Å². The predicted molar refractivity (Wildman–Crippen MR) is 79.7 cm³/mol. The Hall–Kier alpha value is -2.84. The van der Waals surface area contributed by atoms with Crippen molar-refractivity contribution in [2.24, 2.45) is 12.1 Å². The molecule has 122 valence electrons. The third-order valence-corrected chi connectivity index (χ3v) is 3.10. The van der Waals surface area contributed by atoms with E-state index in [2.05, 4.69) is 10.1 Å². The average Bonchev–Trinajstić information content (AvgIpc) is 2.49. The van der Waals surface area contributed by atoms with Crippen LogP contribution < -0.4 is 16.3 Å². The summed E-state index contributed by atoms with van der Waals surface area (Å²) < 4.78 is 38.3. The molecule has 1 heterocycles. The Morgan fingerprint density at radius 2 is 1.83 bits per heavy atom. The molecule has 2 aromatic rings. The maximum atomic E-state index is 12.5. The van der Waals surface area contributed by atoms with Gasteiger partial charge in [-0.3, -0.25) is 19.4 Å². The molecule has 0 bridgehead atoms. The van der Waals surface area contributed by atoms with Crippen molar-refractivity contribution in [2.45, 2.75) is 6.18 Å². The molecule has 0 spiro atoms. The first kappa shape index (κ1) is 16.5. The molecule has 0 saturated heterocycles. The second kappa shape index (κ2) is 6.11. The van der Waals surface area contributed by atoms with E-state index in [1.165, 1.54) is 43.5 Å². The molecule has 1 N–H and O–H groups in total. The van der Waals surface area contributed by atoms with Crippen molar-refractivity contribution in [2.75, 3.05) is 12.1 Å². The first-order valence-corrected chi connectivity index (χ1v) is 6.44. The van der Waals surface area contributed by atoms with Gasteiger partial charge in [-0.2, -0.15) is 18.3 Å². The molecule has 0 fully saturated rings.